The predicted molar refractivity (Wildman–Crippen MR) is 148 cm³/mol. The number of unbranched alkanes of at least 4 members (excludes halogenated alkanes) is 3. The molecule has 0 saturated carbocycles. The molecule has 3 heterocycles. The normalized spacial score (nSPS) is 14.6. The molecule has 1 fully saturated rings. The Labute approximate surface area is 223 Å². The number of imidazole rings is 1. The number of urea groups is 1. The summed E-state index contributed by atoms with van der Waals surface area (Å²) in [5.41, 5.74) is 2.07. The average molecular weight is 525 g/mol. The third-order valence-corrected chi connectivity index (χ3v) is 7.05. The van der Waals surface area contributed by atoms with Crippen LogP contribution >= 0.6 is 0 Å². The van der Waals surface area contributed by atoms with E-state index in [4.69, 9.17) is 19.6 Å². The Bertz CT molecular complexity index is 1290. The molecule has 1 aliphatic rings. The number of aromatic amines is 1. The molecule has 2 aromatic heterocycles. The van der Waals surface area contributed by atoms with Gasteiger partial charge in [0.1, 0.15) is 11.6 Å². The molecule has 0 spiro atoms. The van der Waals surface area contributed by atoms with Crippen LogP contribution in [0.3, 0.4) is 0 Å². The molecule has 1 unspecified atom stereocenters. The highest BCUT2D eigenvalue weighted by Crippen LogP contribution is 2.32. The van der Waals surface area contributed by atoms with Crippen LogP contribution in [0.4, 0.5) is 10.5 Å². The standard InChI is InChI=1S/C28H40N6O4/c1-5-8-9-10-11-20(6-2)26-29-19(4)24-27(35)31-25(32-34(24)26)22-18-21(12-13-23(22)38-7-3)30-28(36)33-14-16-37-17-15-33/h12-13,18,20H,5-11,14-17H2,1-4H3,(H,30,36)(H,31,32,35). The fraction of sp³-hybridized carbons (Fsp3) is 0.571. The highest BCUT2D eigenvalue weighted by Gasteiger charge is 2.23. The second-order valence-corrected chi connectivity index (χ2v) is 9.75. The van der Waals surface area contributed by atoms with E-state index in [2.05, 4.69) is 24.1 Å². The number of hydrogen-bond acceptors (Lipinski definition) is 6. The topological polar surface area (TPSA) is 114 Å². The minimum Gasteiger partial charge on any atom is -0.493 e. The van der Waals surface area contributed by atoms with E-state index < -0.39 is 0 Å². The number of aromatic nitrogens is 4. The summed E-state index contributed by atoms with van der Waals surface area (Å²) in [4.78, 5) is 35.5. The number of anilines is 1. The molecule has 1 saturated heterocycles. The van der Waals surface area contributed by atoms with Gasteiger partial charge < -0.3 is 24.7 Å². The van der Waals surface area contributed by atoms with Crippen LogP contribution in [-0.4, -0.2) is 63.4 Å². The number of fused-ring (bicyclic) bond motifs is 1. The number of H-pyrrole nitrogens is 1. The first-order chi connectivity index (χ1) is 18.5. The molecule has 1 aromatic carbocycles. The number of aryl methyl sites for hydroxylation is 1. The molecule has 2 N–H and O–H groups in total. The van der Waals surface area contributed by atoms with Crippen molar-refractivity contribution in [3.05, 3.63) is 40.1 Å². The first kappa shape index (κ1) is 27.6. The third kappa shape index (κ3) is 6.18. The summed E-state index contributed by atoms with van der Waals surface area (Å²) in [5.74, 6) is 1.97. The quantitative estimate of drug-likeness (QED) is 0.337. The fourth-order valence-electron chi connectivity index (χ4n) is 4.96. The summed E-state index contributed by atoms with van der Waals surface area (Å²) < 4.78 is 12.9. The maximum atomic E-state index is 13.3. The molecule has 1 aliphatic heterocycles. The fourth-order valence-corrected chi connectivity index (χ4v) is 4.96. The Morgan fingerprint density at radius 3 is 2.68 bits per heavy atom. The van der Waals surface area contributed by atoms with Crippen LogP contribution in [-0.2, 0) is 4.74 Å². The highest BCUT2D eigenvalue weighted by molar-refractivity contribution is 5.90. The lowest BCUT2D eigenvalue weighted by Crippen LogP contribution is -2.43. The van der Waals surface area contributed by atoms with Gasteiger partial charge in [0.05, 0.1) is 31.1 Å². The van der Waals surface area contributed by atoms with Crippen LogP contribution in [0, 0.1) is 6.92 Å². The summed E-state index contributed by atoms with van der Waals surface area (Å²) in [6.07, 6.45) is 6.65. The van der Waals surface area contributed by atoms with E-state index in [1.807, 2.05) is 13.8 Å². The second-order valence-electron chi connectivity index (χ2n) is 9.75. The number of carbonyl (C=O) groups is 1. The van der Waals surface area contributed by atoms with Crippen LogP contribution < -0.4 is 15.6 Å². The first-order valence-corrected chi connectivity index (χ1v) is 13.9. The molecule has 10 nitrogen and oxygen atoms in total. The Hall–Kier alpha value is -3.40. The monoisotopic (exact) mass is 524 g/mol. The molecule has 4 rings (SSSR count). The van der Waals surface area contributed by atoms with E-state index >= 15 is 0 Å². The summed E-state index contributed by atoms with van der Waals surface area (Å²) >= 11 is 0. The second kappa shape index (κ2) is 12.9. The smallest absolute Gasteiger partial charge is 0.321 e. The number of hydrogen-bond donors (Lipinski definition) is 2. The van der Waals surface area contributed by atoms with E-state index in [1.54, 1.807) is 27.6 Å². The summed E-state index contributed by atoms with van der Waals surface area (Å²) in [5, 5.41) is 7.83. The Morgan fingerprint density at radius 1 is 1.18 bits per heavy atom. The SMILES string of the molecule is CCCCCCC(CC)c1nc(C)c2c(=O)[nH]c(-c3cc(NC(=O)N4CCOCC4)ccc3OCC)nn12. The number of amides is 2. The lowest BCUT2D eigenvalue weighted by atomic mass is 9.97. The minimum absolute atomic E-state index is 0.193. The van der Waals surface area contributed by atoms with E-state index in [-0.39, 0.29) is 17.5 Å². The predicted octanol–water partition coefficient (Wildman–Crippen LogP) is 5.12. The van der Waals surface area contributed by atoms with Crippen molar-refractivity contribution in [2.75, 3.05) is 38.2 Å². The van der Waals surface area contributed by atoms with Crippen molar-refractivity contribution in [1.29, 1.82) is 0 Å². The number of benzene rings is 1. The van der Waals surface area contributed by atoms with Gasteiger partial charge in [-0.15, -0.1) is 5.10 Å². The zero-order chi connectivity index (χ0) is 27.1. The minimum atomic E-state index is -0.253. The Morgan fingerprint density at radius 2 is 1.97 bits per heavy atom. The third-order valence-electron chi connectivity index (χ3n) is 7.05. The molecule has 1 atom stereocenters. The molecule has 0 aliphatic carbocycles. The summed E-state index contributed by atoms with van der Waals surface area (Å²) in [6, 6.07) is 5.18. The van der Waals surface area contributed by atoms with Gasteiger partial charge in [-0.05, 0) is 44.9 Å². The Kier molecular flexibility index (Phi) is 9.38. The van der Waals surface area contributed by atoms with Gasteiger partial charge >= 0.3 is 6.03 Å². The van der Waals surface area contributed by atoms with E-state index in [0.717, 1.165) is 25.1 Å². The molecule has 38 heavy (non-hydrogen) atoms. The zero-order valence-electron chi connectivity index (χ0n) is 23.0. The van der Waals surface area contributed by atoms with Gasteiger partial charge in [-0.2, -0.15) is 0 Å². The van der Waals surface area contributed by atoms with Crippen LogP contribution in [0.5, 0.6) is 5.75 Å². The van der Waals surface area contributed by atoms with E-state index in [0.29, 0.717) is 66.9 Å². The lowest BCUT2D eigenvalue weighted by molar-refractivity contribution is 0.0564. The van der Waals surface area contributed by atoms with Crippen molar-refractivity contribution in [2.24, 2.45) is 0 Å². The van der Waals surface area contributed by atoms with Crippen molar-refractivity contribution in [3.8, 4) is 17.1 Å². The van der Waals surface area contributed by atoms with Gasteiger partial charge in [0.15, 0.2) is 11.3 Å². The number of nitrogens with zero attached hydrogens (tertiary/aromatic N) is 4. The molecular weight excluding hydrogens is 484 g/mol. The first-order valence-electron chi connectivity index (χ1n) is 13.9. The van der Waals surface area contributed by atoms with Gasteiger partial charge in [0, 0.05) is 24.7 Å². The Balaban J connectivity index is 1.71. The lowest BCUT2D eigenvalue weighted by Gasteiger charge is -2.27. The van der Waals surface area contributed by atoms with Crippen LogP contribution in [0.2, 0.25) is 0 Å². The van der Waals surface area contributed by atoms with Gasteiger partial charge in [-0.25, -0.2) is 14.3 Å². The van der Waals surface area contributed by atoms with Crippen molar-refractivity contribution in [3.63, 3.8) is 0 Å². The summed E-state index contributed by atoms with van der Waals surface area (Å²) in [6.45, 7) is 10.7. The summed E-state index contributed by atoms with van der Waals surface area (Å²) in [7, 11) is 0. The van der Waals surface area contributed by atoms with Crippen molar-refractivity contribution >= 4 is 17.2 Å². The van der Waals surface area contributed by atoms with Gasteiger partial charge in [-0.1, -0.05) is 39.5 Å². The number of rotatable bonds is 11. The van der Waals surface area contributed by atoms with Crippen LogP contribution in [0.1, 0.15) is 76.7 Å². The van der Waals surface area contributed by atoms with E-state index in [9.17, 15) is 9.59 Å². The van der Waals surface area contributed by atoms with Crippen molar-refractivity contribution in [2.45, 2.75) is 72.1 Å². The average Bonchev–Trinajstić information content (AvgIpc) is 3.26. The maximum Gasteiger partial charge on any atom is 0.321 e. The van der Waals surface area contributed by atoms with Crippen molar-refractivity contribution in [1.82, 2.24) is 24.5 Å². The number of nitrogens with one attached hydrogen (secondary N) is 2. The molecule has 3 aromatic rings. The van der Waals surface area contributed by atoms with Gasteiger partial charge in [0.2, 0.25) is 0 Å². The molecule has 206 valence electrons. The molecular formula is C28H40N6O4. The number of morpholine rings is 1. The molecule has 0 radical (unpaired) electrons. The zero-order valence-corrected chi connectivity index (χ0v) is 23.0. The number of ether oxygens (including phenoxy) is 2. The highest BCUT2D eigenvalue weighted by atomic mass is 16.5. The molecule has 10 heteroatoms. The number of carbonyl (C=O) groups excluding carboxylic acids is 1. The molecule has 0 bridgehead atoms. The van der Waals surface area contributed by atoms with Gasteiger partial charge in [-0.3, -0.25) is 4.79 Å². The van der Waals surface area contributed by atoms with E-state index in [1.165, 1.54) is 19.3 Å². The van der Waals surface area contributed by atoms with Crippen LogP contribution in [0.25, 0.3) is 16.9 Å². The van der Waals surface area contributed by atoms with Gasteiger partial charge in [0.25, 0.3) is 5.56 Å². The largest absolute Gasteiger partial charge is 0.493 e. The molecule has 2 amide bonds. The van der Waals surface area contributed by atoms with Crippen molar-refractivity contribution < 1.29 is 14.3 Å². The van der Waals surface area contributed by atoms with Crippen LogP contribution in [0.15, 0.2) is 23.0 Å². The maximum absolute atomic E-state index is 13.3.